The highest BCUT2D eigenvalue weighted by atomic mass is 32.2. The molecule has 0 spiro atoms. The van der Waals surface area contributed by atoms with Gasteiger partial charge in [0.25, 0.3) is 33.4 Å². The van der Waals surface area contributed by atoms with E-state index in [9.17, 15) is 60.3 Å². The Morgan fingerprint density at radius 1 is 0.367 bits per heavy atom. The van der Waals surface area contributed by atoms with Crippen LogP contribution in [0.2, 0.25) is 0 Å². The van der Waals surface area contributed by atoms with Crippen molar-refractivity contribution in [3.63, 3.8) is 0 Å². The Morgan fingerprint density at radius 2 is 0.633 bits per heavy atom. The predicted octanol–water partition coefficient (Wildman–Crippen LogP) is 17.6. The number of hydrogen-bond donors (Lipinski definition) is 0. The Balaban J connectivity index is 0.000000132. The molecule has 0 N–H and O–H groups in total. The van der Waals surface area contributed by atoms with Gasteiger partial charge in [0.2, 0.25) is 0 Å². The number of hydrogen-bond acceptors (Lipinski definition) is 33. The fourth-order valence-corrected chi connectivity index (χ4v) is 22.7. The summed E-state index contributed by atoms with van der Waals surface area (Å²) in [7, 11) is 3.26. The summed E-state index contributed by atoms with van der Waals surface area (Å²) in [6.45, 7) is 40.6. The molecule has 12 aromatic rings. The molecule has 0 aromatic carbocycles. The second-order valence-electron chi connectivity index (χ2n) is 40.6. The zero-order chi connectivity index (χ0) is 106. The Labute approximate surface area is 878 Å². The Hall–Kier alpha value is -13.2. The van der Waals surface area contributed by atoms with Crippen LogP contribution in [0.1, 0.15) is 210 Å². The lowest BCUT2D eigenvalue weighted by Crippen LogP contribution is -2.32. The first-order valence-electron chi connectivity index (χ1n) is 48.3. The van der Waals surface area contributed by atoms with Gasteiger partial charge in [-0.05, 0) is 183 Å². The summed E-state index contributed by atoms with van der Waals surface area (Å²) in [5.74, 6) is 6.93. The minimum atomic E-state index is -0.509. The summed E-state index contributed by atoms with van der Waals surface area (Å²) < 4.78 is 26.2. The first kappa shape index (κ1) is 108. The van der Waals surface area contributed by atoms with Gasteiger partial charge in [-0.15, -0.1) is 0 Å². The van der Waals surface area contributed by atoms with Crippen molar-refractivity contribution in [3.05, 3.63) is 252 Å². The van der Waals surface area contributed by atoms with Gasteiger partial charge in [-0.3, -0.25) is 86.1 Å². The lowest BCUT2D eigenvalue weighted by atomic mass is 9.91. The molecule has 20 rings (SSSR count). The molecule has 12 aromatic heterocycles. The van der Waals surface area contributed by atoms with Gasteiger partial charge in [0, 0.05) is 199 Å². The number of ether oxygens (including phenoxy) is 3. The van der Waals surface area contributed by atoms with Crippen molar-refractivity contribution in [2.45, 2.75) is 246 Å². The summed E-state index contributed by atoms with van der Waals surface area (Å²) in [5, 5.41) is 60.9. The van der Waals surface area contributed by atoms with Crippen molar-refractivity contribution >= 4 is 70.6 Å². The van der Waals surface area contributed by atoms with E-state index in [0.29, 0.717) is 157 Å². The van der Waals surface area contributed by atoms with Crippen molar-refractivity contribution in [1.29, 1.82) is 31.6 Å². The van der Waals surface area contributed by atoms with Gasteiger partial charge in [-0.1, -0.05) is 139 Å². The third-order valence-corrected chi connectivity index (χ3v) is 34.0. The van der Waals surface area contributed by atoms with Crippen LogP contribution >= 0.6 is 70.6 Å². The van der Waals surface area contributed by atoms with Gasteiger partial charge in [0.15, 0.2) is 30.9 Å². The monoisotopic (exact) mass is 2080 g/mol. The molecule has 2 aliphatic carbocycles. The van der Waals surface area contributed by atoms with Gasteiger partial charge >= 0.3 is 0 Å². The largest absolute Gasteiger partial charge is 0.373 e. The number of thioether (sulfide) groups is 6. The SMILES string of the molecule is C=C1CSc2nc(-c3ccc(C(C)(C)C)nc3)c(C#N)c(=O)n2C1.CCOC(C)(C)c1ccc(-c2nc3n(c(=O)c2C#N)CC(C)CS3)cn1.COC(C)(C)c1ccc(-c2nc3n(c(=O)c2C#N)CC(C)CS3)cn1.COC(C)(C)c1ccc(-c2nc3n(c(=O)c2C#N)CCCS3)cn1.C[C@@H]1CSc2nc(-c3ccc(C4(C)CC4)nc3)c(C#N)c(=O)n2C1.C[C@H]1CSc2nc(-c3ccc(C4(C)CC4)nc3)c(C#N)c(=O)n2C1. The maximum Gasteiger partial charge on any atom is 0.273 e. The molecule has 6 aliphatic heterocycles. The molecule has 2 saturated carbocycles. The van der Waals surface area contributed by atoms with Gasteiger partial charge in [0.1, 0.15) is 86.6 Å². The van der Waals surface area contributed by atoms with Crippen LogP contribution in [0.5, 0.6) is 0 Å². The fourth-order valence-electron chi connectivity index (χ4n) is 16.8. The van der Waals surface area contributed by atoms with Gasteiger partial charge < -0.3 is 14.2 Å². The number of aromatic nitrogens is 18. The molecular weight excluding hydrogens is 1970 g/mol. The molecule has 2 fully saturated rings. The molecule has 0 bridgehead atoms. The minimum absolute atomic E-state index is 0.0550. The molecule has 0 saturated heterocycles. The fraction of sp³-hybridized carbons (Fsp3) is 0.426. The first-order chi connectivity index (χ1) is 70.0. The normalized spacial score (nSPS) is 17.3. The summed E-state index contributed by atoms with van der Waals surface area (Å²) >= 11 is 9.28. The molecular formula is C108H114N24O9S6. The topological polar surface area (TPSA) is 457 Å². The summed E-state index contributed by atoms with van der Waals surface area (Å²) in [4.78, 5) is 131. The van der Waals surface area contributed by atoms with E-state index in [1.165, 1.54) is 16.3 Å². The molecule has 39 heteroatoms. The maximum atomic E-state index is 12.7. The summed E-state index contributed by atoms with van der Waals surface area (Å²) in [5.41, 5.74) is 10.7. The number of nitriles is 6. The molecule has 33 nitrogen and oxygen atoms in total. The standard InChI is InChI=1S/C19H22N4O2S.C18H20N4O2S.3C18H18N4OS.C17H18N4O2S/c1-5-25-19(3,4)15-7-6-13(9-21-15)16-14(8-20)17(24)23-10-12(2)11-26-18(23)22-16;1-11-9-22-16(23)13(7-19)15(21-17(22)25-10-11)12-5-6-14(20-8-12)18(2,3)24-4;2*1-11-9-22-16(23)13(7-19)15(21-17(22)24-10-11)12-3-4-14(20-8-12)18(2)5-6-18;1-11-9-22-16(23)13(7-19)15(21-17(22)24-10-11)12-5-6-14(20-8-12)18(2,3)4;1-17(2,23-3)13-6-5-11(10-19-13)14-12(9-18)15(22)21-7-4-8-24-16(21)20-14/h6-7,9,12H,5,10-11H2,1-4H3;5-6,8,11H,9-10H2,1-4H3;2*3-4,8,11H,5-6,9-10H2,1-2H3;5-6,8H,1,9-10H2,2-4H3;5-6,10H,4,7-8H2,1-3H3/t;;2*11-;;/m..10../s1. The predicted molar refractivity (Wildman–Crippen MR) is 570 cm³/mol. The van der Waals surface area contributed by atoms with Crippen LogP contribution in [-0.4, -0.2) is 143 Å². The molecule has 2 unspecified atom stereocenters. The highest BCUT2D eigenvalue weighted by Gasteiger charge is 2.42. The molecule has 756 valence electrons. The summed E-state index contributed by atoms with van der Waals surface area (Å²) in [6.07, 6.45) is 15.7. The number of methoxy groups -OCH3 is 2. The van der Waals surface area contributed by atoms with Crippen LogP contribution in [0.25, 0.3) is 67.5 Å². The van der Waals surface area contributed by atoms with Crippen LogP contribution in [0.15, 0.2) is 182 Å². The van der Waals surface area contributed by atoms with Crippen molar-refractivity contribution in [1.82, 2.24) is 87.2 Å². The van der Waals surface area contributed by atoms with Crippen LogP contribution in [0.3, 0.4) is 0 Å². The molecule has 147 heavy (non-hydrogen) atoms. The molecule has 4 atom stereocenters. The van der Waals surface area contributed by atoms with Gasteiger partial charge in [-0.25, -0.2) is 29.9 Å². The number of nitrogens with zero attached hydrogens (tertiary/aromatic N) is 24. The highest BCUT2D eigenvalue weighted by molar-refractivity contribution is 8.00. The van der Waals surface area contributed by atoms with Crippen LogP contribution < -0.4 is 33.4 Å². The van der Waals surface area contributed by atoms with E-state index in [1.807, 2.05) is 146 Å². The minimum Gasteiger partial charge on any atom is -0.373 e. The second kappa shape index (κ2) is 44.9. The van der Waals surface area contributed by atoms with E-state index in [0.717, 1.165) is 117 Å². The van der Waals surface area contributed by atoms with Gasteiger partial charge in [0.05, 0.1) is 51.2 Å². The highest BCUT2D eigenvalue weighted by Crippen LogP contribution is 2.49. The van der Waals surface area contributed by atoms with Crippen molar-refractivity contribution in [2.24, 2.45) is 23.7 Å². The zero-order valence-corrected chi connectivity index (χ0v) is 90.4. The Morgan fingerprint density at radius 3 is 0.891 bits per heavy atom. The Kier molecular flexibility index (Phi) is 33.0. The summed E-state index contributed by atoms with van der Waals surface area (Å²) in [6, 6.07) is 34.9. The maximum absolute atomic E-state index is 12.7. The average Bonchev–Trinajstić information content (AvgIpc) is 1.23. The smallest absolute Gasteiger partial charge is 0.273 e. The van der Waals surface area contributed by atoms with Crippen LogP contribution in [0.4, 0.5) is 0 Å². The quantitative estimate of drug-likeness (QED) is 0.0679. The van der Waals surface area contributed by atoms with E-state index < -0.39 is 16.8 Å². The zero-order valence-electron chi connectivity index (χ0n) is 85.5. The molecule has 0 radical (unpaired) electrons. The van der Waals surface area contributed by atoms with Crippen molar-refractivity contribution in [2.75, 3.05) is 55.3 Å². The lowest BCUT2D eigenvalue weighted by Gasteiger charge is -2.24. The van der Waals surface area contributed by atoms with Crippen LogP contribution in [-0.2, 0) is 86.5 Å². The van der Waals surface area contributed by atoms with E-state index in [-0.39, 0.29) is 83.0 Å². The number of pyridine rings is 6. The third kappa shape index (κ3) is 23.5. The molecule has 18 heterocycles. The lowest BCUT2D eigenvalue weighted by molar-refractivity contribution is -0.0172. The van der Waals surface area contributed by atoms with Crippen LogP contribution in [0, 0.1) is 91.7 Å². The first-order valence-corrected chi connectivity index (χ1v) is 54.3. The number of rotatable bonds is 15. The van der Waals surface area contributed by atoms with E-state index in [1.54, 1.807) is 133 Å². The average molecular weight is 2080 g/mol. The second-order valence-corrected chi connectivity index (χ2v) is 46.6. The molecule has 8 aliphatic rings. The third-order valence-electron chi connectivity index (χ3n) is 26.6. The van der Waals surface area contributed by atoms with E-state index in [2.05, 4.69) is 141 Å². The molecule has 0 amide bonds. The van der Waals surface area contributed by atoms with Gasteiger partial charge in [-0.2, -0.15) is 31.6 Å². The van der Waals surface area contributed by atoms with Crippen molar-refractivity contribution < 1.29 is 14.2 Å². The number of fused-ring (bicyclic) bond motifs is 6. The van der Waals surface area contributed by atoms with E-state index in [4.69, 9.17) is 14.2 Å². The van der Waals surface area contributed by atoms with E-state index >= 15 is 0 Å². The Bertz CT molecular complexity index is 7610. The van der Waals surface area contributed by atoms with Crippen molar-refractivity contribution in [3.8, 4) is 104 Å².